The van der Waals surface area contributed by atoms with Crippen molar-refractivity contribution in [1.82, 2.24) is 0 Å². The molecule has 22 heavy (non-hydrogen) atoms. The van der Waals surface area contributed by atoms with Crippen molar-refractivity contribution in [2.75, 3.05) is 11.5 Å². The molecule has 6 heteroatoms. The van der Waals surface area contributed by atoms with Gasteiger partial charge in [-0.05, 0) is 36.2 Å². The molecular formula is C16H40BiO2PS2. The van der Waals surface area contributed by atoms with Gasteiger partial charge in [0.1, 0.15) is 0 Å². The van der Waals surface area contributed by atoms with Crippen LogP contribution in [0.25, 0.3) is 0 Å². The number of thiol groups is 1. The van der Waals surface area contributed by atoms with E-state index in [1.54, 1.807) is 0 Å². The molecule has 0 heterocycles. The van der Waals surface area contributed by atoms with Crippen LogP contribution in [0.1, 0.15) is 79.1 Å². The Balaban J connectivity index is 0. The van der Waals surface area contributed by atoms with Crippen LogP contribution < -0.4 is 0 Å². The number of hydrogen-bond acceptors (Lipinski definition) is 0. The Bertz CT molecular complexity index is 293. The predicted molar refractivity (Wildman–Crippen MR) is 114 cm³/mol. The first kappa shape index (κ1) is 26.2. The Morgan fingerprint density at radius 3 is 1.45 bits per heavy atom. The van der Waals surface area contributed by atoms with Gasteiger partial charge in [-0.3, -0.25) is 0 Å². The average molecular weight is 569 g/mol. The molecule has 2 N–H and O–H groups in total. The van der Waals surface area contributed by atoms with Gasteiger partial charge in [-0.1, -0.05) is 78.5 Å². The van der Waals surface area contributed by atoms with Crippen LogP contribution in [0.4, 0.5) is 0 Å². The van der Waals surface area contributed by atoms with E-state index in [4.69, 9.17) is 0 Å². The fraction of sp³-hybridized carbons (Fsp3) is 1.00. The number of hydrogen-bond donors (Lipinski definition) is 3. The zero-order chi connectivity index (χ0) is 16.3. The number of rotatable bonds is 12. The molecule has 0 spiro atoms. The summed E-state index contributed by atoms with van der Waals surface area (Å²) in [5.74, 6) is 3.18. The van der Waals surface area contributed by atoms with Crippen molar-refractivity contribution in [3.63, 3.8) is 0 Å². The third-order valence-corrected chi connectivity index (χ3v) is 11.7. The van der Waals surface area contributed by atoms with E-state index in [0.29, 0.717) is 11.8 Å². The van der Waals surface area contributed by atoms with Crippen LogP contribution in [-0.4, -0.2) is 47.5 Å². The maximum absolute atomic E-state index is 10.2. The molecule has 0 aromatic rings. The molecule has 0 aromatic carbocycles. The summed E-state index contributed by atoms with van der Waals surface area (Å²) in [5, 5.41) is 0. The van der Waals surface area contributed by atoms with Crippen molar-refractivity contribution in [3.8, 4) is 0 Å². The van der Waals surface area contributed by atoms with Gasteiger partial charge in [0.25, 0.3) is 0 Å². The minimum absolute atomic E-state index is 0. The summed E-state index contributed by atoms with van der Waals surface area (Å²) in [6.07, 6.45) is 9.66. The number of unbranched alkanes of at least 4 members (excludes halogenated alkanes) is 2. The summed E-state index contributed by atoms with van der Waals surface area (Å²) in [6, 6.07) is 0. The van der Waals surface area contributed by atoms with Gasteiger partial charge in [-0.2, -0.15) is 0 Å². The van der Waals surface area contributed by atoms with E-state index < -0.39 is 5.69 Å². The fourth-order valence-corrected chi connectivity index (χ4v) is 8.70. The Hall–Kier alpha value is 1.93. The van der Waals surface area contributed by atoms with Crippen molar-refractivity contribution < 1.29 is 9.79 Å². The van der Waals surface area contributed by atoms with Gasteiger partial charge in [-0.15, -0.1) is 10.1 Å². The van der Waals surface area contributed by atoms with E-state index in [1.807, 2.05) is 0 Å². The first-order valence-corrected chi connectivity index (χ1v) is 13.7. The maximum atomic E-state index is 10.2. The van der Waals surface area contributed by atoms with Gasteiger partial charge in [0.2, 0.25) is 0 Å². The molecule has 0 aromatic heterocycles. The fourth-order valence-electron chi connectivity index (χ4n) is 2.61. The molecule has 0 saturated carbocycles. The summed E-state index contributed by atoms with van der Waals surface area (Å²) >= 11 is 4.19. The van der Waals surface area contributed by atoms with Crippen LogP contribution in [0.15, 0.2) is 0 Å². The molecule has 0 amide bonds. The zero-order valence-electron chi connectivity index (χ0n) is 15.1. The average Bonchev–Trinajstić information content (AvgIpc) is 2.44. The molecule has 0 aliphatic heterocycles. The van der Waals surface area contributed by atoms with Gasteiger partial charge >= 0.3 is 26.2 Å². The molecule has 2 unspecified atom stereocenters. The zero-order valence-corrected chi connectivity index (χ0v) is 23.2. The molecule has 2 nitrogen and oxygen atoms in total. The first-order chi connectivity index (χ1) is 9.88. The SMILES string of the molecule is CCCCC(CC)CS(CC(CC)CCCC)=P(O)(O)S.[BiH3]. The van der Waals surface area contributed by atoms with E-state index >= 15 is 0 Å². The van der Waals surface area contributed by atoms with Crippen LogP contribution in [0.2, 0.25) is 0 Å². The van der Waals surface area contributed by atoms with Crippen molar-refractivity contribution in [2.45, 2.75) is 79.1 Å². The minimum atomic E-state index is -3.00. The monoisotopic (exact) mass is 568 g/mol. The second kappa shape index (κ2) is 15.2. The van der Waals surface area contributed by atoms with Crippen molar-refractivity contribution >= 4 is 54.2 Å². The van der Waals surface area contributed by atoms with Crippen LogP contribution in [0.3, 0.4) is 0 Å². The van der Waals surface area contributed by atoms with Crippen molar-refractivity contribution in [2.24, 2.45) is 11.8 Å². The van der Waals surface area contributed by atoms with Crippen LogP contribution >= 0.6 is 17.9 Å². The van der Waals surface area contributed by atoms with Gasteiger partial charge in [0.05, 0.1) is 0 Å². The first-order valence-electron chi connectivity index (χ1n) is 8.64. The van der Waals surface area contributed by atoms with E-state index in [9.17, 15) is 9.79 Å². The normalized spacial score (nSPS) is 16.0. The Morgan fingerprint density at radius 1 is 0.864 bits per heavy atom. The summed E-state index contributed by atoms with van der Waals surface area (Å²) < 4.78 is 0. The summed E-state index contributed by atoms with van der Waals surface area (Å²) in [4.78, 5) is 20.3. The topological polar surface area (TPSA) is 40.5 Å². The Morgan fingerprint density at radius 2 is 1.23 bits per heavy atom. The van der Waals surface area contributed by atoms with Crippen LogP contribution in [0, 0.1) is 11.8 Å². The molecule has 0 bridgehead atoms. The molecule has 138 valence electrons. The van der Waals surface area contributed by atoms with E-state index in [-0.39, 0.29) is 36.3 Å². The summed E-state index contributed by atoms with van der Waals surface area (Å²) in [7, 11) is -0.322. The molecule has 0 radical (unpaired) electrons. The Kier molecular flexibility index (Phi) is 18.1. The second-order valence-corrected chi connectivity index (χ2v) is 14.3. The van der Waals surface area contributed by atoms with E-state index in [0.717, 1.165) is 24.3 Å². The van der Waals surface area contributed by atoms with Gasteiger partial charge in [0.15, 0.2) is 5.69 Å². The molecule has 0 rings (SSSR count). The molecule has 0 fully saturated rings. The van der Waals surface area contributed by atoms with Gasteiger partial charge < -0.3 is 9.79 Å². The summed E-state index contributed by atoms with van der Waals surface area (Å²) in [5.41, 5.74) is -3.00. The van der Waals surface area contributed by atoms with Crippen LogP contribution in [0.5, 0.6) is 0 Å². The molecular weight excluding hydrogens is 528 g/mol. The van der Waals surface area contributed by atoms with Crippen molar-refractivity contribution in [3.05, 3.63) is 0 Å². The standard InChI is InChI=1S/C16H37O2PS2.Bi.3H/c1-5-9-11-15(7-3)13-21(19(17,18)20)14-16(8-4)12-10-6-2;;;;/h15-18,20H,5-14H2,1-4H3;;;;. The predicted octanol–water partition coefficient (Wildman–Crippen LogP) is 4.45. The van der Waals surface area contributed by atoms with E-state index in [1.165, 1.54) is 38.5 Å². The van der Waals surface area contributed by atoms with Crippen molar-refractivity contribution in [1.29, 1.82) is 0 Å². The molecule has 0 aliphatic carbocycles. The molecule has 0 aliphatic rings. The third-order valence-electron chi connectivity index (χ3n) is 4.29. The Labute approximate surface area is 165 Å². The van der Waals surface area contributed by atoms with Crippen LogP contribution in [-0.2, 0) is 10.1 Å². The third kappa shape index (κ3) is 12.3. The van der Waals surface area contributed by atoms with Gasteiger partial charge in [-0.25, -0.2) is 0 Å². The van der Waals surface area contributed by atoms with Gasteiger partial charge in [0, 0.05) is 0 Å². The summed E-state index contributed by atoms with van der Waals surface area (Å²) in [6.45, 7) is 8.89. The molecule has 0 saturated heterocycles. The second-order valence-electron chi connectivity index (χ2n) is 6.14. The molecule has 2 atom stereocenters. The van der Waals surface area contributed by atoms with E-state index in [2.05, 4.69) is 39.9 Å². The quantitative estimate of drug-likeness (QED) is 0.185.